The third-order valence-corrected chi connectivity index (χ3v) is 5.13. The molecule has 0 spiro atoms. The van der Waals surface area contributed by atoms with E-state index in [0.29, 0.717) is 12.6 Å². The molecule has 1 aliphatic rings. The Morgan fingerprint density at radius 3 is 2.58 bits per heavy atom. The van der Waals surface area contributed by atoms with Crippen LogP contribution >= 0.6 is 0 Å². The second kappa shape index (κ2) is 8.02. The molecule has 0 bridgehead atoms. The zero-order chi connectivity index (χ0) is 18.7. The number of carbonyl (C=O) groups is 1. The van der Waals surface area contributed by atoms with E-state index in [1.807, 2.05) is 30.3 Å². The smallest absolute Gasteiger partial charge is 0.223 e. The maximum absolute atomic E-state index is 11.7. The first-order valence-electron chi connectivity index (χ1n) is 9.32. The summed E-state index contributed by atoms with van der Waals surface area (Å²) >= 11 is 0. The van der Waals surface area contributed by atoms with Crippen molar-refractivity contribution in [3.8, 4) is 0 Å². The minimum atomic E-state index is -0.544. The van der Waals surface area contributed by atoms with E-state index in [2.05, 4.69) is 36.9 Å². The lowest BCUT2D eigenvalue weighted by Crippen LogP contribution is -2.34. The van der Waals surface area contributed by atoms with Crippen LogP contribution in [0.3, 0.4) is 0 Å². The molecular weight excluding hydrogens is 324 g/mol. The summed E-state index contributed by atoms with van der Waals surface area (Å²) < 4.78 is 0. The molecule has 1 aliphatic heterocycles. The molecule has 1 N–H and O–H groups in total. The first kappa shape index (κ1) is 18.6. The zero-order valence-electron chi connectivity index (χ0n) is 15.9. The molecule has 4 nitrogen and oxygen atoms in total. The number of aliphatic hydroxyl groups is 1. The summed E-state index contributed by atoms with van der Waals surface area (Å²) in [5.41, 5.74) is 4.31. The van der Waals surface area contributed by atoms with Crippen molar-refractivity contribution in [3.63, 3.8) is 0 Å². The molecule has 0 saturated heterocycles. The van der Waals surface area contributed by atoms with Crippen LogP contribution in [0.2, 0.25) is 0 Å². The largest absolute Gasteiger partial charge is 0.387 e. The Balaban J connectivity index is 1.72. The highest BCUT2D eigenvalue weighted by molar-refractivity contribution is 5.93. The molecule has 2 aromatic carbocycles. The lowest BCUT2D eigenvalue weighted by atomic mass is 10.0. The zero-order valence-corrected chi connectivity index (χ0v) is 15.9. The van der Waals surface area contributed by atoms with Crippen LogP contribution in [-0.4, -0.2) is 35.0 Å². The van der Waals surface area contributed by atoms with E-state index in [-0.39, 0.29) is 5.91 Å². The van der Waals surface area contributed by atoms with Gasteiger partial charge in [-0.05, 0) is 43.0 Å². The normalized spacial score (nSPS) is 14.8. The van der Waals surface area contributed by atoms with Crippen molar-refractivity contribution in [1.29, 1.82) is 0 Å². The van der Waals surface area contributed by atoms with Crippen molar-refractivity contribution >= 4 is 11.6 Å². The quantitative estimate of drug-likeness (QED) is 0.865. The number of amides is 1. The van der Waals surface area contributed by atoms with Gasteiger partial charge < -0.3 is 10.0 Å². The summed E-state index contributed by atoms with van der Waals surface area (Å²) in [5, 5.41) is 10.8. The van der Waals surface area contributed by atoms with Gasteiger partial charge in [0.1, 0.15) is 0 Å². The Bertz CT molecular complexity index is 758. The second-order valence-corrected chi connectivity index (χ2v) is 7.33. The van der Waals surface area contributed by atoms with Crippen LogP contribution in [0.15, 0.2) is 48.5 Å². The number of carbonyl (C=O) groups excluding carboxylic acids is 1. The number of benzene rings is 2. The predicted octanol–water partition coefficient (Wildman–Crippen LogP) is 3.54. The Labute approximate surface area is 156 Å². The molecule has 1 unspecified atom stereocenters. The van der Waals surface area contributed by atoms with Gasteiger partial charge in [-0.3, -0.25) is 9.69 Å². The van der Waals surface area contributed by atoms with E-state index in [9.17, 15) is 9.90 Å². The van der Waals surface area contributed by atoms with Crippen molar-refractivity contribution in [2.75, 3.05) is 18.0 Å². The third-order valence-electron chi connectivity index (χ3n) is 5.13. The number of anilines is 1. The number of fused-ring (bicyclic) bond motifs is 1. The summed E-state index contributed by atoms with van der Waals surface area (Å²) in [6.07, 6.45) is 0.311. The van der Waals surface area contributed by atoms with E-state index in [1.54, 1.807) is 11.8 Å². The van der Waals surface area contributed by atoms with E-state index in [0.717, 1.165) is 36.3 Å². The molecule has 0 radical (unpaired) electrons. The van der Waals surface area contributed by atoms with Crippen molar-refractivity contribution in [2.45, 2.75) is 45.9 Å². The van der Waals surface area contributed by atoms with Gasteiger partial charge in [0.05, 0.1) is 6.10 Å². The van der Waals surface area contributed by atoms with Crippen LogP contribution < -0.4 is 4.90 Å². The minimum absolute atomic E-state index is 0.0749. The molecule has 138 valence electrons. The van der Waals surface area contributed by atoms with Gasteiger partial charge in [-0.1, -0.05) is 42.5 Å². The van der Waals surface area contributed by atoms with Crippen LogP contribution in [0.25, 0.3) is 0 Å². The molecule has 3 rings (SSSR count). The topological polar surface area (TPSA) is 43.8 Å². The maximum atomic E-state index is 11.7. The fraction of sp³-hybridized carbons (Fsp3) is 0.409. The number of hydrogen-bond donors (Lipinski definition) is 1. The lowest BCUT2D eigenvalue weighted by molar-refractivity contribution is -0.116. The molecule has 1 atom stereocenters. The monoisotopic (exact) mass is 352 g/mol. The van der Waals surface area contributed by atoms with Gasteiger partial charge in [-0.25, -0.2) is 0 Å². The van der Waals surface area contributed by atoms with Crippen LogP contribution in [0, 0.1) is 0 Å². The molecule has 1 amide bonds. The first-order chi connectivity index (χ1) is 12.5. The minimum Gasteiger partial charge on any atom is -0.387 e. The van der Waals surface area contributed by atoms with Gasteiger partial charge in [-0.15, -0.1) is 0 Å². The van der Waals surface area contributed by atoms with Gasteiger partial charge >= 0.3 is 0 Å². The third kappa shape index (κ3) is 4.14. The fourth-order valence-corrected chi connectivity index (χ4v) is 3.56. The molecule has 0 aliphatic carbocycles. The number of hydrogen-bond acceptors (Lipinski definition) is 3. The maximum Gasteiger partial charge on any atom is 0.223 e. The predicted molar refractivity (Wildman–Crippen MR) is 105 cm³/mol. The molecule has 26 heavy (non-hydrogen) atoms. The van der Waals surface area contributed by atoms with Crippen molar-refractivity contribution < 1.29 is 9.90 Å². The Morgan fingerprint density at radius 1 is 1.19 bits per heavy atom. The number of aliphatic hydroxyl groups excluding tert-OH is 1. The van der Waals surface area contributed by atoms with Gasteiger partial charge in [0.25, 0.3) is 0 Å². The van der Waals surface area contributed by atoms with Crippen molar-refractivity contribution in [1.82, 2.24) is 4.90 Å². The molecule has 0 saturated carbocycles. The molecule has 0 fully saturated rings. The number of nitrogens with zero attached hydrogens (tertiary/aromatic N) is 2. The lowest BCUT2D eigenvalue weighted by Gasteiger charge is -2.29. The van der Waals surface area contributed by atoms with Crippen molar-refractivity contribution in [2.24, 2.45) is 0 Å². The Morgan fingerprint density at radius 2 is 1.92 bits per heavy atom. The summed E-state index contributed by atoms with van der Waals surface area (Å²) in [6, 6.07) is 16.7. The first-order valence-corrected chi connectivity index (χ1v) is 9.32. The van der Waals surface area contributed by atoms with Gasteiger partial charge in [0, 0.05) is 38.3 Å². The van der Waals surface area contributed by atoms with Crippen LogP contribution in [-0.2, 0) is 17.8 Å². The highest BCUT2D eigenvalue weighted by Gasteiger charge is 2.24. The average molecular weight is 352 g/mol. The van der Waals surface area contributed by atoms with E-state index >= 15 is 0 Å². The highest BCUT2D eigenvalue weighted by Crippen LogP contribution is 2.31. The van der Waals surface area contributed by atoms with E-state index < -0.39 is 6.10 Å². The highest BCUT2D eigenvalue weighted by atomic mass is 16.3. The van der Waals surface area contributed by atoms with Gasteiger partial charge in [-0.2, -0.15) is 0 Å². The van der Waals surface area contributed by atoms with Crippen LogP contribution in [0.1, 0.15) is 43.6 Å². The van der Waals surface area contributed by atoms with Crippen LogP contribution in [0.5, 0.6) is 0 Å². The Hall–Kier alpha value is -2.17. The molecule has 2 aromatic rings. The summed E-state index contributed by atoms with van der Waals surface area (Å²) in [7, 11) is 0. The standard InChI is InChI=1S/C22H28N2O2/c1-16(2)23(14-18-7-5-4-6-8-18)15-22(26)20-9-10-21-19(13-20)11-12-24(21)17(3)25/h4-10,13,16,22,26H,11-12,14-15H2,1-3H3. The van der Waals surface area contributed by atoms with Crippen LogP contribution in [0.4, 0.5) is 5.69 Å². The molecular formula is C22H28N2O2. The SMILES string of the molecule is CC(=O)N1CCc2cc(C(O)CN(Cc3ccccc3)C(C)C)ccc21. The molecule has 4 heteroatoms. The fourth-order valence-electron chi connectivity index (χ4n) is 3.56. The van der Waals surface area contributed by atoms with E-state index in [1.165, 1.54) is 5.56 Å². The summed E-state index contributed by atoms with van der Waals surface area (Å²) in [5.74, 6) is 0.0749. The molecule has 1 heterocycles. The number of rotatable bonds is 6. The summed E-state index contributed by atoms with van der Waals surface area (Å²) in [6.45, 7) is 8.05. The second-order valence-electron chi connectivity index (χ2n) is 7.33. The Kier molecular flexibility index (Phi) is 5.74. The average Bonchev–Trinajstić information content (AvgIpc) is 3.05. The summed E-state index contributed by atoms with van der Waals surface area (Å²) in [4.78, 5) is 15.8. The van der Waals surface area contributed by atoms with E-state index in [4.69, 9.17) is 0 Å². The molecule has 0 aromatic heterocycles. The van der Waals surface area contributed by atoms with Gasteiger partial charge in [0.2, 0.25) is 5.91 Å². The van der Waals surface area contributed by atoms with Gasteiger partial charge in [0.15, 0.2) is 0 Å². The van der Waals surface area contributed by atoms with Crippen molar-refractivity contribution in [3.05, 3.63) is 65.2 Å².